The highest BCUT2D eigenvalue weighted by molar-refractivity contribution is 5.79. The van der Waals surface area contributed by atoms with Gasteiger partial charge in [0, 0.05) is 29.2 Å². The Morgan fingerprint density at radius 2 is 1.93 bits per heavy atom. The van der Waals surface area contributed by atoms with Gasteiger partial charge >= 0.3 is 0 Å². The van der Waals surface area contributed by atoms with Crippen molar-refractivity contribution in [2.75, 3.05) is 0 Å². The summed E-state index contributed by atoms with van der Waals surface area (Å²) < 4.78 is 16.3. The number of imidazole rings is 1. The zero-order valence-corrected chi connectivity index (χ0v) is 15.4. The first-order chi connectivity index (χ1) is 13.4. The Morgan fingerprint density at radius 3 is 2.68 bits per heavy atom. The minimum Gasteiger partial charge on any atom is -0.386 e. The van der Waals surface area contributed by atoms with Crippen LogP contribution in [0.15, 0.2) is 61.2 Å². The van der Waals surface area contributed by atoms with Crippen LogP contribution in [0.5, 0.6) is 0 Å². The maximum absolute atomic E-state index is 14.5. The zero-order valence-electron chi connectivity index (χ0n) is 15.4. The number of hydrogen-bond acceptors (Lipinski definition) is 4. The van der Waals surface area contributed by atoms with Crippen molar-refractivity contribution < 1.29 is 9.50 Å². The van der Waals surface area contributed by atoms with Crippen molar-refractivity contribution in [3.63, 3.8) is 0 Å². The van der Waals surface area contributed by atoms with Crippen molar-refractivity contribution >= 4 is 11.0 Å². The number of nitriles is 1. The fourth-order valence-electron chi connectivity index (χ4n) is 3.13. The highest BCUT2D eigenvalue weighted by Gasteiger charge is 2.17. The quantitative estimate of drug-likeness (QED) is 0.581. The third-order valence-electron chi connectivity index (χ3n) is 4.66. The number of pyridine rings is 1. The van der Waals surface area contributed by atoms with Gasteiger partial charge in [0.05, 0.1) is 22.2 Å². The molecule has 0 atom stereocenters. The first-order valence-electron chi connectivity index (χ1n) is 8.72. The van der Waals surface area contributed by atoms with Gasteiger partial charge in [-0.3, -0.25) is 9.55 Å². The van der Waals surface area contributed by atoms with Gasteiger partial charge in [0.1, 0.15) is 18.2 Å². The number of aliphatic hydroxyl groups is 1. The molecule has 138 valence electrons. The van der Waals surface area contributed by atoms with Crippen LogP contribution >= 0.6 is 0 Å². The molecule has 6 heteroatoms. The molecule has 0 bridgehead atoms. The van der Waals surface area contributed by atoms with Crippen molar-refractivity contribution in [1.29, 1.82) is 5.26 Å². The summed E-state index contributed by atoms with van der Waals surface area (Å²) in [5, 5.41) is 19.3. The second-order valence-electron chi connectivity index (χ2n) is 7.12. The van der Waals surface area contributed by atoms with E-state index < -0.39 is 11.4 Å². The lowest BCUT2D eigenvalue weighted by Crippen LogP contribution is -2.15. The lowest BCUT2D eigenvalue weighted by Gasteiger charge is -2.17. The second-order valence-corrected chi connectivity index (χ2v) is 7.12. The summed E-state index contributed by atoms with van der Waals surface area (Å²) >= 11 is 0. The third-order valence-corrected chi connectivity index (χ3v) is 4.66. The Bertz CT molecular complexity index is 1230. The first-order valence-corrected chi connectivity index (χ1v) is 8.72. The lowest BCUT2D eigenvalue weighted by molar-refractivity contribution is 0.0787. The molecule has 0 aliphatic rings. The molecule has 0 radical (unpaired) electrons. The summed E-state index contributed by atoms with van der Waals surface area (Å²) in [6.45, 7) is 3.45. The number of fused-ring (bicyclic) bond motifs is 1. The Balaban J connectivity index is 1.83. The summed E-state index contributed by atoms with van der Waals surface area (Å²) in [6, 6.07) is 14.0. The van der Waals surface area contributed by atoms with E-state index in [1.807, 2.05) is 28.8 Å². The van der Waals surface area contributed by atoms with Crippen molar-refractivity contribution in [2.45, 2.75) is 19.4 Å². The smallest absolute Gasteiger partial charge is 0.131 e. The van der Waals surface area contributed by atoms with E-state index in [0.29, 0.717) is 16.7 Å². The predicted molar refractivity (Wildman–Crippen MR) is 104 cm³/mol. The molecular weight excluding hydrogens is 355 g/mol. The van der Waals surface area contributed by atoms with E-state index >= 15 is 0 Å². The maximum atomic E-state index is 14.5. The van der Waals surface area contributed by atoms with Crippen LogP contribution in [0, 0.1) is 17.1 Å². The van der Waals surface area contributed by atoms with E-state index in [4.69, 9.17) is 5.26 Å². The fourth-order valence-corrected chi connectivity index (χ4v) is 3.13. The monoisotopic (exact) mass is 372 g/mol. The Morgan fingerprint density at radius 1 is 1.11 bits per heavy atom. The van der Waals surface area contributed by atoms with E-state index in [1.54, 1.807) is 38.4 Å². The normalized spacial score (nSPS) is 11.5. The first kappa shape index (κ1) is 17.8. The van der Waals surface area contributed by atoms with E-state index in [0.717, 1.165) is 22.3 Å². The summed E-state index contributed by atoms with van der Waals surface area (Å²) in [6.07, 6.45) is 4.64. The Labute approximate surface area is 161 Å². The van der Waals surface area contributed by atoms with Crippen LogP contribution in [-0.4, -0.2) is 19.6 Å². The zero-order chi connectivity index (χ0) is 19.9. The summed E-state index contributed by atoms with van der Waals surface area (Å²) in [5.74, 6) is -0.394. The topological polar surface area (TPSA) is 74.7 Å². The van der Waals surface area contributed by atoms with Gasteiger partial charge in [0.2, 0.25) is 0 Å². The van der Waals surface area contributed by atoms with Crippen LogP contribution in [0.1, 0.15) is 25.0 Å². The minimum atomic E-state index is -0.959. The van der Waals surface area contributed by atoms with Crippen molar-refractivity contribution in [3.8, 4) is 22.9 Å². The van der Waals surface area contributed by atoms with Gasteiger partial charge in [-0.25, -0.2) is 9.37 Å². The molecule has 0 aliphatic heterocycles. The van der Waals surface area contributed by atoms with Crippen LogP contribution in [0.3, 0.4) is 0 Å². The predicted octanol–water partition coefficient (Wildman–Crippen LogP) is 4.33. The minimum absolute atomic E-state index is 0.358. The molecule has 0 saturated carbocycles. The molecule has 0 spiro atoms. The molecule has 4 rings (SSSR count). The molecule has 0 unspecified atom stereocenters. The number of aromatic nitrogens is 3. The summed E-state index contributed by atoms with van der Waals surface area (Å²) in [4.78, 5) is 8.44. The van der Waals surface area contributed by atoms with Gasteiger partial charge < -0.3 is 5.11 Å². The van der Waals surface area contributed by atoms with Gasteiger partial charge in [0.25, 0.3) is 0 Å². The number of rotatable bonds is 3. The van der Waals surface area contributed by atoms with Gasteiger partial charge in [0.15, 0.2) is 0 Å². The number of hydrogen-bond donors (Lipinski definition) is 1. The standard InChI is InChI=1S/C22H17FN4O/c1-22(2,28)16-3-6-21-20(8-16)26-13-27(21)17-4-5-19(23)18(9-17)15-7-14(10-24)11-25-12-15/h3-9,11-13,28H,1-2H3. The maximum Gasteiger partial charge on any atom is 0.131 e. The Kier molecular flexibility index (Phi) is 4.17. The van der Waals surface area contributed by atoms with E-state index in [-0.39, 0.29) is 0 Å². The molecule has 2 aromatic carbocycles. The molecular formula is C22H17FN4O. The summed E-state index contributed by atoms with van der Waals surface area (Å²) in [7, 11) is 0. The lowest BCUT2D eigenvalue weighted by atomic mass is 9.98. The van der Waals surface area contributed by atoms with Gasteiger partial charge in [-0.05, 0) is 55.8 Å². The Hall–Kier alpha value is -3.56. The van der Waals surface area contributed by atoms with Crippen LogP contribution < -0.4 is 0 Å². The van der Waals surface area contributed by atoms with Crippen molar-refractivity contribution in [1.82, 2.24) is 14.5 Å². The summed E-state index contributed by atoms with van der Waals surface area (Å²) in [5.41, 5.74) is 3.38. The van der Waals surface area contributed by atoms with Gasteiger partial charge in [-0.2, -0.15) is 5.26 Å². The fraction of sp³-hybridized carbons (Fsp3) is 0.136. The highest BCUT2D eigenvalue weighted by Crippen LogP contribution is 2.29. The molecule has 1 N–H and O–H groups in total. The molecule has 28 heavy (non-hydrogen) atoms. The van der Waals surface area contributed by atoms with Crippen molar-refractivity contribution in [2.24, 2.45) is 0 Å². The average molecular weight is 372 g/mol. The van der Waals surface area contributed by atoms with E-state index in [9.17, 15) is 9.50 Å². The molecule has 0 amide bonds. The van der Waals surface area contributed by atoms with Crippen molar-refractivity contribution in [3.05, 3.63) is 78.1 Å². The molecule has 2 heterocycles. The SMILES string of the molecule is CC(C)(O)c1ccc2c(c1)ncn2-c1ccc(F)c(-c2cncc(C#N)c2)c1. The number of nitrogens with zero attached hydrogens (tertiary/aromatic N) is 4. The average Bonchev–Trinajstić information content (AvgIpc) is 3.11. The largest absolute Gasteiger partial charge is 0.386 e. The van der Waals surface area contributed by atoms with E-state index in [2.05, 4.69) is 9.97 Å². The molecule has 0 fully saturated rings. The molecule has 5 nitrogen and oxygen atoms in total. The molecule has 0 saturated heterocycles. The molecule has 2 aromatic heterocycles. The third kappa shape index (κ3) is 3.13. The van der Waals surface area contributed by atoms with Crippen LogP contribution in [0.4, 0.5) is 4.39 Å². The number of benzene rings is 2. The number of halogens is 1. The molecule has 4 aromatic rings. The van der Waals surface area contributed by atoms with E-state index in [1.165, 1.54) is 18.5 Å². The van der Waals surface area contributed by atoms with Gasteiger partial charge in [-0.1, -0.05) is 6.07 Å². The molecule has 0 aliphatic carbocycles. The highest BCUT2D eigenvalue weighted by atomic mass is 19.1. The van der Waals surface area contributed by atoms with Crippen LogP contribution in [0.25, 0.3) is 27.8 Å². The second kappa shape index (κ2) is 6.55. The van der Waals surface area contributed by atoms with Crippen LogP contribution in [-0.2, 0) is 5.60 Å². The van der Waals surface area contributed by atoms with Crippen LogP contribution in [0.2, 0.25) is 0 Å². The van der Waals surface area contributed by atoms with Gasteiger partial charge in [-0.15, -0.1) is 0 Å².